The number of phenolic OH excluding ortho intramolecular Hbond substituents is 1. The van der Waals surface area contributed by atoms with E-state index >= 15 is 0 Å². The lowest BCUT2D eigenvalue weighted by molar-refractivity contribution is 0.0989. The summed E-state index contributed by atoms with van der Waals surface area (Å²) in [4.78, 5) is 4.85. The van der Waals surface area contributed by atoms with Gasteiger partial charge in [0.05, 0.1) is 5.60 Å². The van der Waals surface area contributed by atoms with Gasteiger partial charge < -0.3 is 14.6 Å². The number of rotatable bonds is 5. The zero-order chi connectivity index (χ0) is 21.3. The van der Waals surface area contributed by atoms with Crippen LogP contribution in [0.3, 0.4) is 0 Å². The van der Waals surface area contributed by atoms with Crippen LogP contribution in [-0.4, -0.2) is 20.8 Å². The van der Waals surface area contributed by atoms with Gasteiger partial charge in [-0.25, -0.2) is 4.98 Å². The van der Waals surface area contributed by atoms with Gasteiger partial charge in [-0.3, -0.25) is 0 Å². The zero-order valence-corrected chi connectivity index (χ0v) is 17.0. The van der Waals surface area contributed by atoms with Crippen molar-refractivity contribution in [2.75, 3.05) is 0 Å². The Bertz CT molecular complexity index is 1170. The van der Waals surface area contributed by atoms with Crippen molar-refractivity contribution in [3.05, 3.63) is 102 Å². The molecule has 0 saturated carbocycles. The number of phenols is 1. The van der Waals surface area contributed by atoms with Gasteiger partial charge in [-0.1, -0.05) is 78.9 Å². The van der Waals surface area contributed by atoms with Crippen LogP contribution in [0.2, 0.25) is 0 Å². The molecule has 4 heteroatoms. The van der Waals surface area contributed by atoms with E-state index in [1.165, 1.54) is 0 Å². The lowest BCUT2D eigenvalue weighted by Crippen LogP contribution is -2.30. The molecule has 0 aliphatic heterocycles. The maximum atomic E-state index is 11.5. The number of oxazole rings is 1. The molecule has 0 radical (unpaired) electrons. The van der Waals surface area contributed by atoms with E-state index in [9.17, 15) is 10.2 Å². The Morgan fingerprint density at radius 3 is 2.29 bits per heavy atom. The van der Waals surface area contributed by atoms with Gasteiger partial charge in [0.1, 0.15) is 11.4 Å². The molecule has 1 aromatic heterocycles. The molecule has 4 nitrogen and oxygen atoms in total. The first-order valence-corrected chi connectivity index (χ1v) is 10.5. The summed E-state index contributed by atoms with van der Waals surface area (Å²) in [6.45, 7) is 0. The van der Waals surface area contributed by atoms with E-state index in [1.807, 2.05) is 72.8 Å². The molecule has 5 rings (SSSR count). The van der Waals surface area contributed by atoms with E-state index in [1.54, 1.807) is 18.2 Å². The summed E-state index contributed by atoms with van der Waals surface area (Å²) < 4.78 is 6.31. The summed E-state index contributed by atoms with van der Waals surface area (Å²) in [7, 11) is 0. The van der Waals surface area contributed by atoms with E-state index in [2.05, 4.69) is 0 Å². The molecule has 154 valence electrons. The summed E-state index contributed by atoms with van der Waals surface area (Å²) in [5.41, 5.74) is 3.14. The van der Waals surface area contributed by atoms with Crippen LogP contribution in [0.5, 0.6) is 5.75 Å². The van der Waals surface area contributed by atoms with Gasteiger partial charge in [0.15, 0.2) is 5.76 Å². The highest BCUT2D eigenvalue weighted by Crippen LogP contribution is 2.43. The summed E-state index contributed by atoms with van der Waals surface area (Å²) in [6.07, 6.45) is 3.73. The average molecular weight is 409 g/mol. The Hall–Kier alpha value is -3.63. The number of aromatic nitrogens is 1. The molecule has 1 aliphatic carbocycles. The first-order chi connectivity index (χ1) is 15.1. The van der Waals surface area contributed by atoms with E-state index in [0.29, 0.717) is 30.1 Å². The summed E-state index contributed by atoms with van der Waals surface area (Å²) in [5, 5.41) is 21.4. The maximum Gasteiger partial charge on any atom is 0.225 e. The lowest BCUT2D eigenvalue weighted by Gasteiger charge is -2.25. The minimum absolute atomic E-state index is 0.193. The largest absolute Gasteiger partial charge is 0.508 e. The molecule has 0 saturated heterocycles. The van der Waals surface area contributed by atoms with Crippen molar-refractivity contribution in [1.29, 1.82) is 0 Å². The molecular weight excluding hydrogens is 386 g/mol. The molecule has 0 spiro atoms. The zero-order valence-electron chi connectivity index (χ0n) is 17.0. The molecule has 2 N–H and O–H groups in total. The first-order valence-electron chi connectivity index (χ1n) is 10.5. The number of allylic oxidation sites excluding steroid dienone is 1. The first kappa shape index (κ1) is 19.3. The molecule has 0 fully saturated rings. The Kier molecular flexibility index (Phi) is 4.92. The smallest absolute Gasteiger partial charge is 0.225 e. The Morgan fingerprint density at radius 2 is 1.58 bits per heavy atom. The molecular formula is C27H23NO3. The van der Waals surface area contributed by atoms with Gasteiger partial charge in [-0.2, -0.15) is 0 Å². The van der Waals surface area contributed by atoms with Crippen molar-refractivity contribution >= 4 is 5.57 Å². The number of hydrogen-bond acceptors (Lipinski definition) is 4. The maximum absolute atomic E-state index is 11.5. The third kappa shape index (κ3) is 3.78. The molecule has 4 aromatic rings. The average Bonchev–Trinajstić information content (AvgIpc) is 3.39. The topological polar surface area (TPSA) is 66.5 Å². The normalized spacial score (nSPS) is 18.2. The fraction of sp³-hybridized carbons (Fsp3) is 0.148. The summed E-state index contributed by atoms with van der Waals surface area (Å²) >= 11 is 0. The van der Waals surface area contributed by atoms with Gasteiger partial charge in [0.25, 0.3) is 0 Å². The summed E-state index contributed by atoms with van der Waals surface area (Å²) in [5.74, 6) is 1.32. The van der Waals surface area contributed by atoms with Gasteiger partial charge in [0.2, 0.25) is 5.89 Å². The highest BCUT2D eigenvalue weighted by molar-refractivity contribution is 5.80. The third-order valence-corrected chi connectivity index (χ3v) is 5.76. The van der Waals surface area contributed by atoms with Crippen LogP contribution in [0.25, 0.3) is 28.2 Å². The Balaban J connectivity index is 1.57. The van der Waals surface area contributed by atoms with Crippen molar-refractivity contribution in [3.8, 4) is 28.3 Å². The molecule has 0 bridgehead atoms. The number of hydrogen-bond donors (Lipinski definition) is 2. The van der Waals surface area contributed by atoms with Crippen molar-refractivity contribution in [2.24, 2.45) is 0 Å². The number of benzene rings is 3. The van der Waals surface area contributed by atoms with E-state index < -0.39 is 5.60 Å². The predicted molar refractivity (Wildman–Crippen MR) is 121 cm³/mol. The van der Waals surface area contributed by atoms with Crippen LogP contribution in [0, 0.1) is 0 Å². The minimum Gasteiger partial charge on any atom is -0.508 e. The van der Waals surface area contributed by atoms with Crippen LogP contribution in [0.4, 0.5) is 0 Å². The quantitative estimate of drug-likeness (QED) is 0.433. The fourth-order valence-corrected chi connectivity index (χ4v) is 4.27. The molecule has 1 aliphatic rings. The van der Waals surface area contributed by atoms with Gasteiger partial charge in [-0.05, 0) is 30.5 Å². The van der Waals surface area contributed by atoms with E-state index in [4.69, 9.17) is 9.40 Å². The van der Waals surface area contributed by atoms with Crippen molar-refractivity contribution in [1.82, 2.24) is 4.98 Å². The Morgan fingerprint density at radius 1 is 0.871 bits per heavy atom. The second-order valence-electron chi connectivity index (χ2n) is 7.96. The third-order valence-electron chi connectivity index (χ3n) is 5.76. The van der Waals surface area contributed by atoms with Crippen molar-refractivity contribution in [3.63, 3.8) is 0 Å². The molecule has 31 heavy (non-hydrogen) atoms. The van der Waals surface area contributed by atoms with E-state index in [-0.39, 0.29) is 5.75 Å². The molecule has 0 amide bonds. The molecule has 3 aromatic carbocycles. The van der Waals surface area contributed by atoms with Crippen LogP contribution in [0.15, 0.2) is 95.4 Å². The van der Waals surface area contributed by atoms with Crippen LogP contribution in [-0.2, 0) is 6.42 Å². The van der Waals surface area contributed by atoms with Gasteiger partial charge >= 0.3 is 0 Å². The van der Waals surface area contributed by atoms with Crippen molar-refractivity contribution in [2.45, 2.75) is 24.9 Å². The van der Waals surface area contributed by atoms with Crippen molar-refractivity contribution < 1.29 is 14.6 Å². The van der Waals surface area contributed by atoms with Gasteiger partial charge in [-0.15, -0.1) is 0 Å². The molecule has 1 heterocycles. The SMILES string of the molecule is Oc1cccc(C[C@@]2(O)CCC=C2c2nc(-c3ccccc3)c(-c3ccccc3)o2)c1. The molecule has 0 unspecified atom stereocenters. The van der Waals surface area contributed by atoms with Crippen LogP contribution in [0.1, 0.15) is 24.3 Å². The van der Waals surface area contributed by atoms with Crippen LogP contribution < -0.4 is 0 Å². The highest BCUT2D eigenvalue weighted by atomic mass is 16.4. The second-order valence-corrected chi connectivity index (χ2v) is 7.96. The number of aliphatic hydroxyl groups is 1. The Labute approximate surface area is 181 Å². The summed E-state index contributed by atoms with van der Waals surface area (Å²) in [6, 6.07) is 26.9. The second kappa shape index (κ2) is 7.89. The number of aromatic hydroxyl groups is 1. The van der Waals surface area contributed by atoms with E-state index in [0.717, 1.165) is 28.8 Å². The monoisotopic (exact) mass is 409 g/mol. The number of nitrogens with zero attached hydrogens (tertiary/aromatic N) is 1. The minimum atomic E-state index is -1.10. The standard InChI is InChI=1S/C27H23NO3/c29-22-14-7-9-19(17-22)18-27(30)16-8-15-23(27)26-28-24(20-10-3-1-4-11-20)25(31-26)21-12-5-2-6-13-21/h1-7,9-15,17,29-30H,8,16,18H2/t27-/m0/s1. The van der Waals surface area contributed by atoms with Gasteiger partial charge in [0, 0.05) is 23.1 Å². The predicted octanol–water partition coefficient (Wildman–Crippen LogP) is 5.87. The molecule has 1 atom stereocenters. The highest BCUT2D eigenvalue weighted by Gasteiger charge is 2.39. The van der Waals surface area contributed by atoms with Crippen LogP contribution >= 0.6 is 0 Å². The fourth-order valence-electron chi connectivity index (χ4n) is 4.27. The lowest BCUT2D eigenvalue weighted by atomic mass is 9.88.